The van der Waals surface area contributed by atoms with Gasteiger partial charge in [0.1, 0.15) is 11.5 Å². The van der Waals surface area contributed by atoms with Crippen molar-refractivity contribution in [2.24, 2.45) is 0 Å². The third-order valence-corrected chi connectivity index (χ3v) is 3.12. The molecule has 0 radical (unpaired) electrons. The van der Waals surface area contributed by atoms with E-state index >= 15 is 0 Å². The summed E-state index contributed by atoms with van der Waals surface area (Å²) in [5, 5.41) is 19.1. The second-order valence-corrected chi connectivity index (χ2v) is 4.05. The van der Waals surface area contributed by atoms with Crippen LogP contribution in [0.1, 0.15) is 18.4 Å². The summed E-state index contributed by atoms with van der Waals surface area (Å²) in [6, 6.07) is 5.30. The molecule has 0 spiro atoms. The van der Waals surface area contributed by atoms with E-state index in [1.807, 2.05) is 0 Å². The molecule has 0 aromatic heterocycles. The molecule has 1 aromatic rings. The fraction of sp³-hybridized carbons (Fsp3) is 0.364. The molecule has 0 unspecified atom stereocenters. The summed E-state index contributed by atoms with van der Waals surface area (Å²) in [5.41, 5.74) is -0.0959. The standard InChI is InChI=1S/C11H10ClNO2/c1-15-8-3-2-7(14)9(10(8)12)11(6-13)4-5-11/h2-3,14H,4-5H2,1H3. The number of nitrogens with zero attached hydrogens (tertiary/aromatic N) is 1. The quantitative estimate of drug-likeness (QED) is 0.839. The number of rotatable bonds is 2. The normalized spacial score (nSPS) is 16.9. The zero-order chi connectivity index (χ0) is 11.1. The lowest BCUT2D eigenvalue weighted by molar-refractivity contribution is 0.410. The summed E-state index contributed by atoms with van der Waals surface area (Å²) in [4.78, 5) is 0. The highest BCUT2D eigenvalue weighted by Crippen LogP contribution is 2.54. The van der Waals surface area contributed by atoms with E-state index in [9.17, 15) is 5.11 Å². The fourth-order valence-corrected chi connectivity index (χ4v) is 2.12. The van der Waals surface area contributed by atoms with E-state index in [4.69, 9.17) is 21.6 Å². The number of aromatic hydroxyl groups is 1. The molecule has 1 aromatic carbocycles. The second kappa shape index (κ2) is 3.32. The van der Waals surface area contributed by atoms with Crippen LogP contribution in [0.2, 0.25) is 5.02 Å². The van der Waals surface area contributed by atoms with Crippen molar-refractivity contribution < 1.29 is 9.84 Å². The largest absolute Gasteiger partial charge is 0.508 e. The van der Waals surface area contributed by atoms with Crippen LogP contribution in [0.25, 0.3) is 0 Å². The lowest BCUT2D eigenvalue weighted by Crippen LogP contribution is -2.04. The van der Waals surface area contributed by atoms with Gasteiger partial charge < -0.3 is 9.84 Å². The minimum Gasteiger partial charge on any atom is -0.508 e. The smallest absolute Gasteiger partial charge is 0.138 e. The zero-order valence-electron chi connectivity index (χ0n) is 8.25. The van der Waals surface area contributed by atoms with Gasteiger partial charge >= 0.3 is 0 Å². The fourth-order valence-electron chi connectivity index (χ4n) is 1.70. The average Bonchev–Trinajstić information content (AvgIpc) is 2.99. The van der Waals surface area contributed by atoms with Gasteiger partial charge in [-0.1, -0.05) is 11.6 Å². The van der Waals surface area contributed by atoms with Gasteiger partial charge in [0.25, 0.3) is 0 Å². The summed E-state index contributed by atoms with van der Waals surface area (Å²) < 4.78 is 5.06. The van der Waals surface area contributed by atoms with Gasteiger partial charge in [0.05, 0.1) is 23.6 Å². The Morgan fingerprint density at radius 2 is 2.20 bits per heavy atom. The van der Waals surface area contributed by atoms with Gasteiger partial charge in [0.2, 0.25) is 0 Å². The molecule has 1 aliphatic carbocycles. The molecule has 0 amide bonds. The van der Waals surface area contributed by atoms with Crippen molar-refractivity contribution >= 4 is 11.6 Å². The Hall–Kier alpha value is -1.40. The van der Waals surface area contributed by atoms with Gasteiger partial charge in [-0.25, -0.2) is 0 Å². The molecule has 4 heteroatoms. The first kappa shape index (κ1) is 10.1. The highest BCUT2D eigenvalue weighted by molar-refractivity contribution is 6.33. The first-order valence-electron chi connectivity index (χ1n) is 4.62. The van der Waals surface area contributed by atoms with Crippen molar-refractivity contribution in [1.29, 1.82) is 5.26 Å². The SMILES string of the molecule is COc1ccc(O)c(C2(C#N)CC2)c1Cl. The number of hydrogen-bond acceptors (Lipinski definition) is 3. The molecule has 0 aliphatic heterocycles. The number of phenolic OH excluding ortho intramolecular Hbond substituents is 1. The van der Waals surface area contributed by atoms with Crippen molar-refractivity contribution in [1.82, 2.24) is 0 Å². The van der Waals surface area contributed by atoms with Crippen molar-refractivity contribution in [3.63, 3.8) is 0 Å². The van der Waals surface area contributed by atoms with E-state index in [1.54, 1.807) is 6.07 Å². The Labute approximate surface area is 92.9 Å². The average molecular weight is 224 g/mol. The van der Waals surface area contributed by atoms with E-state index in [-0.39, 0.29) is 5.75 Å². The van der Waals surface area contributed by atoms with Gasteiger partial charge in [-0.2, -0.15) is 5.26 Å². The van der Waals surface area contributed by atoms with E-state index < -0.39 is 5.41 Å². The Kier molecular flexibility index (Phi) is 2.24. The predicted octanol–water partition coefficient (Wildman–Crippen LogP) is 2.61. The lowest BCUT2D eigenvalue weighted by Gasteiger charge is -2.13. The van der Waals surface area contributed by atoms with Gasteiger partial charge in [-0.3, -0.25) is 0 Å². The molecule has 1 fully saturated rings. The van der Waals surface area contributed by atoms with Gasteiger partial charge in [-0.05, 0) is 25.0 Å². The van der Waals surface area contributed by atoms with Crippen LogP contribution < -0.4 is 4.74 Å². The second-order valence-electron chi connectivity index (χ2n) is 3.67. The molecule has 0 heterocycles. The van der Waals surface area contributed by atoms with Crippen LogP contribution in [-0.4, -0.2) is 12.2 Å². The van der Waals surface area contributed by atoms with Gasteiger partial charge in [0, 0.05) is 5.56 Å². The molecule has 0 atom stereocenters. The molecular weight excluding hydrogens is 214 g/mol. The highest BCUT2D eigenvalue weighted by atomic mass is 35.5. The maximum Gasteiger partial charge on any atom is 0.138 e. The molecule has 1 aliphatic rings. The van der Waals surface area contributed by atoms with Crippen molar-refractivity contribution in [3.05, 3.63) is 22.7 Å². The number of phenols is 1. The van der Waals surface area contributed by atoms with E-state index in [0.29, 0.717) is 16.3 Å². The molecule has 0 bridgehead atoms. The molecule has 1 saturated carbocycles. The number of halogens is 1. The van der Waals surface area contributed by atoms with Crippen LogP contribution in [-0.2, 0) is 5.41 Å². The first-order chi connectivity index (χ1) is 7.14. The Morgan fingerprint density at radius 1 is 1.53 bits per heavy atom. The summed E-state index contributed by atoms with van der Waals surface area (Å²) >= 11 is 6.08. The van der Waals surface area contributed by atoms with E-state index in [0.717, 1.165) is 12.8 Å². The summed E-state index contributed by atoms with van der Waals surface area (Å²) in [6.07, 6.45) is 1.48. The highest BCUT2D eigenvalue weighted by Gasteiger charge is 2.48. The van der Waals surface area contributed by atoms with Crippen LogP contribution in [0.15, 0.2) is 12.1 Å². The molecule has 3 nitrogen and oxygen atoms in total. The van der Waals surface area contributed by atoms with Crippen LogP contribution in [0.3, 0.4) is 0 Å². The van der Waals surface area contributed by atoms with Gasteiger partial charge in [0.15, 0.2) is 0 Å². The van der Waals surface area contributed by atoms with Crippen LogP contribution >= 0.6 is 11.6 Å². The molecular formula is C11H10ClNO2. The number of methoxy groups -OCH3 is 1. The number of nitriles is 1. The molecule has 15 heavy (non-hydrogen) atoms. The lowest BCUT2D eigenvalue weighted by atomic mass is 9.96. The first-order valence-corrected chi connectivity index (χ1v) is 4.99. The molecule has 0 saturated heterocycles. The van der Waals surface area contributed by atoms with Crippen LogP contribution in [0.5, 0.6) is 11.5 Å². The minimum atomic E-state index is -0.601. The number of benzene rings is 1. The Bertz CT molecular complexity index is 447. The molecule has 2 rings (SSSR count). The van der Waals surface area contributed by atoms with Crippen molar-refractivity contribution in [3.8, 4) is 17.6 Å². The maximum atomic E-state index is 9.73. The summed E-state index contributed by atoms with van der Waals surface area (Å²) in [5.74, 6) is 0.561. The van der Waals surface area contributed by atoms with Gasteiger partial charge in [-0.15, -0.1) is 0 Å². The van der Waals surface area contributed by atoms with Crippen molar-refractivity contribution in [2.75, 3.05) is 7.11 Å². The van der Waals surface area contributed by atoms with Crippen molar-refractivity contribution in [2.45, 2.75) is 18.3 Å². The predicted molar refractivity (Wildman–Crippen MR) is 56.2 cm³/mol. The third-order valence-electron chi connectivity index (χ3n) is 2.75. The third kappa shape index (κ3) is 1.42. The minimum absolute atomic E-state index is 0.0693. The maximum absolute atomic E-state index is 9.73. The van der Waals surface area contributed by atoms with Crippen LogP contribution in [0.4, 0.5) is 0 Å². The summed E-state index contributed by atoms with van der Waals surface area (Å²) in [7, 11) is 1.51. The van der Waals surface area contributed by atoms with Crippen LogP contribution in [0, 0.1) is 11.3 Å². The van der Waals surface area contributed by atoms with E-state index in [1.165, 1.54) is 13.2 Å². The monoisotopic (exact) mass is 223 g/mol. The topological polar surface area (TPSA) is 53.2 Å². The number of hydrogen-bond donors (Lipinski definition) is 1. The molecule has 78 valence electrons. The zero-order valence-corrected chi connectivity index (χ0v) is 9.01. The van der Waals surface area contributed by atoms with E-state index in [2.05, 4.69) is 6.07 Å². The summed E-state index contributed by atoms with van der Waals surface area (Å²) in [6.45, 7) is 0. The number of ether oxygens (including phenoxy) is 1. The Balaban J connectivity index is 2.61. The molecule has 1 N–H and O–H groups in total. The Morgan fingerprint density at radius 3 is 2.67 bits per heavy atom.